The minimum atomic E-state index is -0.141. The molecule has 0 saturated carbocycles. The molecule has 0 aliphatic rings. The smallest absolute Gasteiger partial charge is 0.233 e. The van der Waals surface area contributed by atoms with Gasteiger partial charge in [-0.25, -0.2) is 0 Å². The standard InChI is InChI=1S/C6H12N2O/c1-5(2)4-8-6(9)3-7/h1,3-4,7H2,2H3,(H,8,9). The lowest BCUT2D eigenvalue weighted by Gasteiger charge is -2.00. The summed E-state index contributed by atoms with van der Waals surface area (Å²) in [7, 11) is 0. The zero-order valence-electron chi connectivity index (χ0n) is 5.61. The van der Waals surface area contributed by atoms with Crippen molar-refractivity contribution in [3.8, 4) is 0 Å². The summed E-state index contributed by atoms with van der Waals surface area (Å²) in [5.41, 5.74) is 5.94. The number of hydrogen-bond donors (Lipinski definition) is 2. The van der Waals surface area contributed by atoms with E-state index < -0.39 is 0 Å². The maximum Gasteiger partial charge on any atom is 0.233 e. The van der Waals surface area contributed by atoms with E-state index in [0.717, 1.165) is 5.57 Å². The van der Waals surface area contributed by atoms with Crippen molar-refractivity contribution in [2.45, 2.75) is 6.92 Å². The van der Waals surface area contributed by atoms with E-state index in [4.69, 9.17) is 5.73 Å². The van der Waals surface area contributed by atoms with E-state index in [-0.39, 0.29) is 12.5 Å². The quantitative estimate of drug-likeness (QED) is 0.510. The summed E-state index contributed by atoms with van der Waals surface area (Å²) in [6.45, 7) is 6.02. The highest BCUT2D eigenvalue weighted by molar-refractivity contribution is 5.77. The Morgan fingerprint density at radius 2 is 2.33 bits per heavy atom. The number of amides is 1. The molecule has 0 aromatic carbocycles. The second-order valence-electron chi connectivity index (χ2n) is 1.94. The molecule has 0 aliphatic carbocycles. The lowest BCUT2D eigenvalue weighted by Crippen LogP contribution is -2.31. The molecule has 0 unspecified atom stereocenters. The third-order valence-corrected chi connectivity index (χ3v) is 0.773. The van der Waals surface area contributed by atoms with Crippen molar-refractivity contribution in [1.29, 1.82) is 0 Å². The fraction of sp³-hybridized carbons (Fsp3) is 0.500. The molecule has 0 atom stereocenters. The Morgan fingerprint density at radius 3 is 2.67 bits per heavy atom. The van der Waals surface area contributed by atoms with E-state index in [2.05, 4.69) is 11.9 Å². The molecule has 3 N–H and O–H groups in total. The van der Waals surface area contributed by atoms with Crippen molar-refractivity contribution in [2.24, 2.45) is 5.73 Å². The van der Waals surface area contributed by atoms with E-state index in [1.165, 1.54) is 0 Å². The van der Waals surface area contributed by atoms with Crippen LogP contribution in [0, 0.1) is 0 Å². The number of rotatable bonds is 3. The molecule has 0 spiro atoms. The van der Waals surface area contributed by atoms with Crippen molar-refractivity contribution in [1.82, 2.24) is 5.32 Å². The van der Waals surface area contributed by atoms with Crippen LogP contribution in [0.25, 0.3) is 0 Å². The highest BCUT2D eigenvalue weighted by Gasteiger charge is 1.93. The first-order valence-corrected chi connectivity index (χ1v) is 2.78. The summed E-state index contributed by atoms with van der Waals surface area (Å²) in [5, 5.41) is 2.57. The van der Waals surface area contributed by atoms with Crippen molar-refractivity contribution in [3.05, 3.63) is 12.2 Å². The number of nitrogens with two attached hydrogens (primary N) is 1. The molecule has 0 fully saturated rings. The van der Waals surface area contributed by atoms with Crippen LogP contribution in [0.5, 0.6) is 0 Å². The lowest BCUT2D eigenvalue weighted by molar-refractivity contribution is -0.119. The van der Waals surface area contributed by atoms with Gasteiger partial charge in [0.2, 0.25) is 5.91 Å². The van der Waals surface area contributed by atoms with Crippen LogP contribution in [-0.4, -0.2) is 19.0 Å². The Morgan fingerprint density at radius 1 is 1.78 bits per heavy atom. The zero-order chi connectivity index (χ0) is 7.28. The van der Waals surface area contributed by atoms with Crippen molar-refractivity contribution >= 4 is 5.91 Å². The summed E-state index contributed by atoms with van der Waals surface area (Å²) in [6.07, 6.45) is 0. The largest absolute Gasteiger partial charge is 0.351 e. The molecular weight excluding hydrogens is 116 g/mol. The third kappa shape index (κ3) is 5.03. The third-order valence-electron chi connectivity index (χ3n) is 0.773. The van der Waals surface area contributed by atoms with Crippen LogP contribution in [-0.2, 0) is 4.79 Å². The second kappa shape index (κ2) is 4.09. The number of nitrogens with one attached hydrogen (secondary N) is 1. The number of hydrogen-bond acceptors (Lipinski definition) is 2. The molecule has 52 valence electrons. The highest BCUT2D eigenvalue weighted by Crippen LogP contribution is 1.79. The maximum atomic E-state index is 10.4. The average Bonchev–Trinajstić information content (AvgIpc) is 1.83. The lowest BCUT2D eigenvalue weighted by atomic mass is 10.3. The van der Waals surface area contributed by atoms with E-state index in [9.17, 15) is 4.79 Å². The molecule has 0 radical (unpaired) electrons. The van der Waals surface area contributed by atoms with Crippen LogP contribution in [0.2, 0.25) is 0 Å². The molecule has 9 heavy (non-hydrogen) atoms. The van der Waals surface area contributed by atoms with Gasteiger partial charge in [0.25, 0.3) is 0 Å². The molecular formula is C6H12N2O. The second-order valence-corrected chi connectivity index (χ2v) is 1.94. The van der Waals surface area contributed by atoms with Gasteiger partial charge in [-0.05, 0) is 6.92 Å². The fourth-order valence-corrected chi connectivity index (χ4v) is 0.322. The van der Waals surface area contributed by atoms with Gasteiger partial charge in [-0.1, -0.05) is 12.2 Å². The molecule has 0 rings (SSSR count). The molecule has 1 amide bonds. The van der Waals surface area contributed by atoms with E-state index in [0.29, 0.717) is 6.54 Å². The van der Waals surface area contributed by atoms with Gasteiger partial charge in [-0.2, -0.15) is 0 Å². The minimum absolute atomic E-state index is 0.0489. The van der Waals surface area contributed by atoms with Gasteiger partial charge in [-0.3, -0.25) is 4.79 Å². The zero-order valence-corrected chi connectivity index (χ0v) is 5.61. The summed E-state index contributed by atoms with van der Waals surface area (Å²) >= 11 is 0. The van der Waals surface area contributed by atoms with Crippen LogP contribution in [0.3, 0.4) is 0 Å². The summed E-state index contributed by atoms with van der Waals surface area (Å²) in [6, 6.07) is 0. The normalized spacial score (nSPS) is 8.67. The molecule has 0 aromatic heterocycles. The predicted octanol–water partition coefficient (Wildman–Crippen LogP) is -0.363. The Balaban J connectivity index is 3.28. The molecule has 0 heterocycles. The number of carbonyl (C=O) groups excluding carboxylic acids is 1. The Hall–Kier alpha value is -0.830. The van der Waals surface area contributed by atoms with Crippen LogP contribution in [0.1, 0.15) is 6.92 Å². The molecule has 0 aromatic rings. The first-order chi connectivity index (χ1) is 4.16. The Kier molecular flexibility index (Phi) is 3.71. The summed E-state index contributed by atoms with van der Waals surface area (Å²) < 4.78 is 0. The van der Waals surface area contributed by atoms with E-state index in [1.807, 2.05) is 6.92 Å². The van der Waals surface area contributed by atoms with Crippen LogP contribution in [0.4, 0.5) is 0 Å². The van der Waals surface area contributed by atoms with Crippen LogP contribution >= 0.6 is 0 Å². The Bertz CT molecular complexity index is 120. The highest BCUT2D eigenvalue weighted by atomic mass is 16.1. The average molecular weight is 128 g/mol. The van der Waals surface area contributed by atoms with Gasteiger partial charge in [0, 0.05) is 6.54 Å². The van der Waals surface area contributed by atoms with Crippen molar-refractivity contribution in [2.75, 3.05) is 13.1 Å². The summed E-state index contributed by atoms with van der Waals surface area (Å²) in [4.78, 5) is 10.4. The Labute approximate surface area is 54.9 Å². The van der Waals surface area contributed by atoms with Gasteiger partial charge >= 0.3 is 0 Å². The van der Waals surface area contributed by atoms with Gasteiger partial charge in [0.05, 0.1) is 6.54 Å². The maximum absolute atomic E-state index is 10.4. The molecule has 0 aliphatic heterocycles. The molecule has 3 heteroatoms. The predicted molar refractivity (Wildman–Crippen MR) is 36.9 cm³/mol. The monoisotopic (exact) mass is 128 g/mol. The SMILES string of the molecule is C=C(C)CNC(=O)CN. The van der Waals surface area contributed by atoms with E-state index >= 15 is 0 Å². The number of carbonyl (C=O) groups is 1. The summed E-state index contributed by atoms with van der Waals surface area (Å²) in [5.74, 6) is -0.141. The van der Waals surface area contributed by atoms with Crippen LogP contribution < -0.4 is 11.1 Å². The van der Waals surface area contributed by atoms with Gasteiger partial charge in [0.15, 0.2) is 0 Å². The van der Waals surface area contributed by atoms with E-state index in [1.54, 1.807) is 0 Å². The van der Waals surface area contributed by atoms with Gasteiger partial charge in [-0.15, -0.1) is 0 Å². The van der Waals surface area contributed by atoms with Gasteiger partial charge < -0.3 is 11.1 Å². The van der Waals surface area contributed by atoms with Crippen molar-refractivity contribution in [3.63, 3.8) is 0 Å². The molecule has 0 bridgehead atoms. The van der Waals surface area contributed by atoms with Gasteiger partial charge in [0.1, 0.15) is 0 Å². The minimum Gasteiger partial charge on any atom is -0.351 e. The molecule has 0 saturated heterocycles. The first-order valence-electron chi connectivity index (χ1n) is 2.78. The topological polar surface area (TPSA) is 55.1 Å². The first kappa shape index (κ1) is 8.17. The molecule has 3 nitrogen and oxygen atoms in total. The van der Waals surface area contributed by atoms with Crippen LogP contribution in [0.15, 0.2) is 12.2 Å². The fourth-order valence-electron chi connectivity index (χ4n) is 0.322. The van der Waals surface area contributed by atoms with Crippen molar-refractivity contribution < 1.29 is 4.79 Å².